The van der Waals surface area contributed by atoms with Crippen LogP contribution < -0.4 is 5.32 Å². The van der Waals surface area contributed by atoms with Crippen molar-refractivity contribution in [1.82, 2.24) is 15.2 Å². The minimum atomic E-state index is -3.28. The molecule has 0 aliphatic carbocycles. The smallest absolute Gasteiger partial charge is 0.317 e. The zero-order chi connectivity index (χ0) is 22.6. The maximum Gasteiger partial charge on any atom is 0.317 e. The molecule has 1 aliphatic heterocycles. The maximum atomic E-state index is 12.9. The average Bonchev–Trinajstić information content (AvgIpc) is 3.30. The molecule has 7 heteroatoms. The van der Waals surface area contributed by atoms with Crippen molar-refractivity contribution in [2.75, 3.05) is 18.8 Å². The Morgan fingerprint density at radius 2 is 1.50 bits per heavy atom. The van der Waals surface area contributed by atoms with E-state index < -0.39 is 9.84 Å². The van der Waals surface area contributed by atoms with Crippen LogP contribution in [0.2, 0.25) is 0 Å². The standard InChI is InChI=1S/C25H27N3O3S/c1-2-32(30,31)22-14-13-21(26-16-22)15-27-25(29)28-17-23(19-9-5-3-6-10-19)24(18-28)20-11-7-4-8-12-20/h3-14,16,23-24H,2,15,17-18H2,1H3,(H,27,29). The summed E-state index contributed by atoms with van der Waals surface area (Å²) in [7, 11) is -3.28. The number of pyridine rings is 1. The molecule has 2 atom stereocenters. The van der Waals surface area contributed by atoms with Gasteiger partial charge in [-0.15, -0.1) is 0 Å². The molecule has 1 fully saturated rings. The van der Waals surface area contributed by atoms with Gasteiger partial charge in [0.2, 0.25) is 0 Å². The molecule has 1 N–H and O–H groups in total. The molecule has 2 amide bonds. The Kier molecular flexibility index (Phi) is 6.55. The zero-order valence-electron chi connectivity index (χ0n) is 18.0. The molecule has 0 radical (unpaired) electrons. The second-order valence-electron chi connectivity index (χ2n) is 7.99. The summed E-state index contributed by atoms with van der Waals surface area (Å²) >= 11 is 0. The first-order valence-electron chi connectivity index (χ1n) is 10.8. The molecule has 32 heavy (non-hydrogen) atoms. The molecule has 1 aliphatic rings. The summed E-state index contributed by atoms with van der Waals surface area (Å²) in [6.07, 6.45) is 1.35. The monoisotopic (exact) mass is 449 g/mol. The van der Waals surface area contributed by atoms with Crippen LogP contribution in [-0.4, -0.2) is 43.2 Å². The highest BCUT2D eigenvalue weighted by molar-refractivity contribution is 7.91. The van der Waals surface area contributed by atoms with Gasteiger partial charge >= 0.3 is 6.03 Å². The summed E-state index contributed by atoms with van der Waals surface area (Å²) in [4.78, 5) is 19.2. The zero-order valence-corrected chi connectivity index (χ0v) is 18.8. The SMILES string of the molecule is CCS(=O)(=O)c1ccc(CNC(=O)N2CC(c3ccccc3)C(c3ccccc3)C2)nc1. The van der Waals surface area contributed by atoms with Gasteiger partial charge in [0.05, 0.1) is 22.9 Å². The minimum Gasteiger partial charge on any atom is -0.332 e. The van der Waals surface area contributed by atoms with E-state index in [-0.39, 0.29) is 35.1 Å². The van der Waals surface area contributed by atoms with Crippen LogP contribution in [0.4, 0.5) is 4.79 Å². The number of nitrogens with one attached hydrogen (secondary N) is 1. The van der Waals surface area contributed by atoms with Crippen molar-refractivity contribution in [1.29, 1.82) is 0 Å². The molecule has 2 aromatic carbocycles. The first-order valence-corrected chi connectivity index (χ1v) is 12.4. The van der Waals surface area contributed by atoms with Gasteiger partial charge < -0.3 is 10.2 Å². The molecule has 0 saturated carbocycles. The van der Waals surface area contributed by atoms with Crippen molar-refractivity contribution in [2.24, 2.45) is 0 Å². The van der Waals surface area contributed by atoms with Crippen molar-refractivity contribution in [3.8, 4) is 0 Å². The molecular weight excluding hydrogens is 422 g/mol. The summed E-state index contributed by atoms with van der Waals surface area (Å²) in [6, 6.07) is 23.7. The van der Waals surface area contributed by atoms with E-state index in [1.54, 1.807) is 19.1 Å². The number of rotatable bonds is 6. The molecule has 166 valence electrons. The number of amides is 2. The highest BCUT2D eigenvalue weighted by Crippen LogP contribution is 2.39. The second kappa shape index (κ2) is 9.53. The number of carbonyl (C=O) groups excluding carboxylic acids is 1. The molecular formula is C25H27N3O3S. The molecule has 2 heterocycles. The van der Waals surface area contributed by atoms with E-state index in [4.69, 9.17) is 0 Å². The van der Waals surface area contributed by atoms with Crippen molar-refractivity contribution >= 4 is 15.9 Å². The Balaban J connectivity index is 1.45. The van der Waals surface area contributed by atoms with Crippen molar-refractivity contribution in [2.45, 2.75) is 30.2 Å². The molecule has 4 rings (SSSR count). The molecule has 1 saturated heterocycles. The predicted molar refractivity (Wildman–Crippen MR) is 124 cm³/mol. The Labute approximate surface area is 189 Å². The van der Waals surface area contributed by atoms with Gasteiger partial charge in [-0.25, -0.2) is 13.2 Å². The lowest BCUT2D eigenvalue weighted by Gasteiger charge is -2.18. The van der Waals surface area contributed by atoms with Crippen LogP contribution in [-0.2, 0) is 16.4 Å². The number of sulfone groups is 1. The third-order valence-electron chi connectivity index (χ3n) is 6.02. The lowest BCUT2D eigenvalue weighted by molar-refractivity contribution is 0.207. The largest absolute Gasteiger partial charge is 0.332 e. The second-order valence-corrected chi connectivity index (χ2v) is 10.3. The van der Waals surface area contributed by atoms with Crippen molar-refractivity contribution in [3.63, 3.8) is 0 Å². The molecule has 0 bridgehead atoms. The lowest BCUT2D eigenvalue weighted by Crippen LogP contribution is -2.38. The molecule has 6 nitrogen and oxygen atoms in total. The van der Waals surface area contributed by atoms with Crippen LogP contribution in [0.15, 0.2) is 83.9 Å². The van der Waals surface area contributed by atoms with E-state index in [0.29, 0.717) is 18.8 Å². The van der Waals surface area contributed by atoms with Crippen LogP contribution in [0.3, 0.4) is 0 Å². The molecule has 3 aromatic rings. The highest BCUT2D eigenvalue weighted by atomic mass is 32.2. The Morgan fingerprint density at radius 1 is 0.938 bits per heavy atom. The van der Waals surface area contributed by atoms with E-state index in [9.17, 15) is 13.2 Å². The maximum absolute atomic E-state index is 12.9. The van der Waals surface area contributed by atoms with Crippen LogP contribution in [0.25, 0.3) is 0 Å². The number of urea groups is 1. The summed E-state index contributed by atoms with van der Waals surface area (Å²) in [5.74, 6) is 0.479. The normalized spacial score (nSPS) is 18.5. The third-order valence-corrected chi connectivity index (χ3v) is 7.74. The fourth-order valence-corrected chi connectivity index (χ4v) is 5.01. The van der Waals surface area contributed by atoms with Gasteiger partial charge in [-0.05, 0) is 23.3 Å². The fourth-order valence-electron chi connectivity index (χ4n) is 4.19. The van der Waals surface area contributed by atoms with E-state index >= 15 is 0 Å². The van der Waals surface area contributed by atoms with E-state index in [1.807, 2.05) is 41.3 Å². The first-order chi connectivity index (χ1) is 15.5. The van der Waals surface area contributed by atoms with E-state index in [1.165, 1.54) is 17.3 Å². The Bertz CT molecular complexity index is 1100. The number of nitrogens with zero attached hydrogens (tertiary/aromatic N) is 2. The van der Waals surface area contributed by atoms with Crippen molar-refractivity contribution < 1.29 is 13.2 Å². The minimum absolute atomic E-state index is 0.0326. The summed E-state index contributed by atoms with van der Waals surface area (Å²) in [6.45, 7) is 3.12. The summed E-state index contributed by atoms with van der Waals surface area (Å²) in [5, 5.41) is 2.93. The van der Waals surface area contributed by atoms with E-state index in [0.717, 1.165) is 0 Å². The van der Waals surface area contributed by atoms with Gasteiger partial charge in [0.25, 0.3) is 0 Å². The van der Waals surface area contributed by atoms with Gasteiger partial charge in [-0.3, -0.25) is 4.98 Å². The number of likely N-dealkylation sites (tertiary alicyclic amines) is 1. The van der Waals surface area contributed by atoms with Gasteiger partial charge in [0, 0.05) is 31.1 Å². The van der Waals surface area contributed by atoms with Gasteiger partial charge in [-0.2, -0.15) is 0 Å². The topological polar surface area (TPSA) is 79.4 Å². The van der Waals surface area contributed by atoms with Crippen LogP contribution in [0.1, 0.15) is 35.6 Å². The quantitative estimate of drug-likeness (QED) is 0.618. The van der Waals surface area contributed by atoms with Crippen LogP contribution in [0.5, 0.6) is 0 Å². The number of hydrogen-bond acceptors (Lipinski definition) is 4. The summed E-state index contributed by atoms with van der Waals surface area (Å²) < 4.78 is 23.9. The van der Waals surface area contributed by atoms with Crippen LogP contribution in [0, 0.1) is 0 Å². The van der Waals surface area contributed by atoms with Gasteiger partial charge in [0.15, 0.2) is 9.84 Å². The van der Waals surface area contributed by atoms with E-state index in [2.05, 4.69) is 34.6 Å². The fraction of sp³-hybridized carbons (Fsp3) is 0.280. The number of benzene rings is 2. The molecule has 1 aromatic heterocycles. The number of carbonyl (C=O) groups is 1. The highest BCUT2D eigenvalue weighted by Gasteiger charge is 2.36. The van der Waals surface area contributed by atoms with Gasteiger partial charge in [0.1, 0.15) is 0 Å². The van der Waals surface area contributed by atoms with Gasteiger partial charge in [-0.1, -0.05) is 67.6 Å². The summed E-state index contributed by atoms with van der Waals surface area (Å²) in [5.41, 5.74) is 3.07. The Morgan fingerprint density at radius 3 is 1.97 bits per heavy atom. The van der Waals surface area contributed by atoms with Crippen LogP contribution >= 0.6 is 0 Å². The molecule has 2 unspecified atom stereocenters. The average molecular weight is 450 g/mol. The predicted octanol–water partition coefficient (Wildman–Crippen LogP) is 3.97. The van der Waals surface area contributed by atoms with Crippen molar-refractivity contribution in [3.05, 3.63) is 95.8 Å². The third kappa shape index (κ3) is 4.83. The Hall–Kier alpha value is -3.19. The number of aromatic nitrogens is 1. The first kappa shape index (κ1) is 22.0. The number of hydrogen-bond donors (Lipinski definition) is 1. The lowest BCUT2D eigenvalue weighted by atomic mass is 9.84. The molecule has 0 spiro atoms.